The molecule has 5 heteroatoms. The van der Waals surface area contributed by atoms with Crippen molar-refractivity contribution in [3.8, 4) is 0 Å². The van der Waals surface area contributed by atoms with Crippen molar-refractivity contribution in [3.63, 3.8) is 0 Å². The number of halogens is 1. The van der Waals surface area contributed by atoms with E-state index in [0.717, 1.165) is 36.5 Å². The summed E-state index contributed by atoms with van der Waals surface area (Å²) >= 11 is 6.27. The first kappa shape index (κ1) is 16.9. The number of piperidine rings is 1. The van der Waals surface area contributed by atoms with Gasteiger partial charge in [-0.25, -0.2) is 0 Å². The monoisotopic (exact) mass is 343 g/mol. The molecule has 1 saturated heterocycles. The zero-order valence-electron chi connectivity index (χ0n) is 13.8. The molecule has 0 aliphatic carbocycles. The maximum absolute atomic E-state index is 12.4. The lowest BCUT2D eigenvalue weighted by molar-refractivity contribution is 0.0702. The molecule has 24 heavy (non-hydrogen) atoms. The zero-order valence-corrected chi connectivity index (χ0v) is 14.5. The summed E-state index contributed by atoms with van der Waals surface area (Å²) in [7, 11) is 0. The number of nitrogens with zero attached hydrogens (tertiary/aromatic N) is 2. The van der Waals surface area contributed by atoms with Gasteiger partial charge in [0.2, 0.25) is 0 Å². The quantitative estimate of drug-likeness (QED) is 0.920. The van der Waals surface area contributed by atoms with Crippen LogP contribution < -0.4 is 5.32 Å². The first-order valence-corrected chi connectivity index (χ1v) is 8.72. The summed E-state index contributed by atoms with van der Waals surface area (Å²) in [5, 5.41) is 4.43. The highest BCUT2D eigenvalue weighted by molar-refractivity contribution is 6.31. The maximum Gasteiger partial charge on any atom is 0.255 e. The lowest BCUT2D eigenvalue weighted by Gasteiger charge is -2.34. The van der Waals surface area contributed by atoms with E-state index >= 15 is 0 Å². The third-order valence-electron chi connectivity index (χ3n) is 4.55. The molecule has 1 amide bonds. The Morgan fingerprint density at radius 1 is 1.25 bits per heavy atom. The molecule has 126 valence electrons. The highest BCUT2D eigenvalue weighted by atomic mass is 35.5. The Bertz CT molecular complexity index is 684. The van der Waals surface area contributed by atoms with Crippen molar-refractivity contribution in [2.75, 3.05) is 13.1 Å². The molecule has 0 unspecified atom stereocenters. The summed E-state index contributed by atoms with van der Waals surface area (Å²) in [4.78, 5) is 18.4. The van der Waals surface area contributed by atoms with E-state index in [0.29, 0.717) is 11.6 Å². The number of rotatable bonds is 4. The molecule has 1 fully saturated rings. The van der Waals surface area contributed by atoms with Crippen LogP contribution in [-0.4, -0.2) is 34.9 Å². The Kier molecular flexibility index (Phi) is 5.48. The number of pyridine rings is 1. The summed E-state index contributed by atoms with van der Waals surface area (Å²) in [6.07, 6.45) is 5.21. The average molecular weight is 344 g/mol. The maximum atomic E-state index is 12.4. The Balaban J connectivity index is 1.54. The molecule has 0 saturated carbocycles. The average Bonchev–Trinajstić information content (AvgIpc) is 2.63. The van der Waals surface area contributed by atoms with Gasteiger partial charge in [0, 0.05) is 42.6 Å². The molecule has 1 aliphatic rings. The van der Waals surface area contributed by atoms with E-state index in [4.69, 9.17) is 11.6 Å². The molecule has 1 N–H and O–H groups in total. The molecule has 1 aliphatic heterocycles. The molecule has 0 bridgehead atoms. The van der Waals surface area contributed by atoms with Crippen LogP contribution in [0.2, 0.25) is 5.02 Å². The Morgan fingerprint density at radius 2 is 2.00 bits per heavy atom. The molecule has 3 rings (SSSR count). The van der Waals surface area contributed by atoms with Crippen LogP contribution in [0.25, 0.3) is 0 Å². The predicted octanol–water partition coefficient (Wildman–Crippen LogP) is 3.69. The van der Waals surface area contributed by atoms with E-state index in [1.807, 2.05) is 29.2 Å². The van der Waals surface area contributed by atoms with Crippen LogP contribution >= 0.6 is 11.6 Å². The van der Waals surface area contributed by atoms with Crippen molar-refractivity contribution in [2.45, 2.75) is 31.8 Å². The third kappa shape index (κ3) is 3.94. The standard InChI is InChI=1S/C19H22ClN3O/c1-14(17-6-2-3-7-18(17)20)22-16-8-11-23(12-9-16)19(24)15-5-4-10-21-13-15/h2-7,10,13-14,16,22H,8-9,11-12H2,1H3/t14-/m1/s1. The van der Waals surface area contributed by atoms with Gasteiger partial charge in [-0.05, 0) is 43.5 Å². The predicted molar refractivity (Wildman–Crippen MR) is 96.2 cm³/mol. The summed E-state index contributed by atoms with van der Waals surface area (Å²) < 4.78 is 0. The van der Waals surface area contributed by atoms with Gasteiger partial charge in [0.1, 0.15) is 0 Å². The summed E-state index contributed by atoms with van der Waals surface area (Å²) in [5.74, 6) is 0.0701. The first-order chi connectivity index (χ1) is 11.6. The minimum atomic E-state index is 0.0701. The van der Waals surface area contributed by atoms with Gasteiger partial charge < -0.3 is 10.2 Å². The van der Waals surface area contributed by atoms with Crippen molar-refractivity contribution < 1.29 is 4.79 Å². The molecule has 1 atom stereocenters. The van der Waals surface area contributed by atoms with E-state index in [2.05, 4.69) is 23.3 Å². The van der Waals surface area contributed by atoms with Gasteiger partial charge in [0.25, 0.3) is 5.91 Å². The molecule has 1 aromatic heterocycles. The molecular formula is C19H22ClN3O. The number of benzene rings is 1. The van der Waals surface area contributed by atoms with Crippen molar-refractivity contribution in [2.24, 2.45) is 0 Å². The van der Waals surface area contributed by atoms with Crippen LogP contribution in [0.5, 0.6) is 0 Å². The number of hydrogen-bond acceptors (Lipinski definition) is 3. The van der Waals surface area contributed by atoms with Crippen LogP contribution in [0.3, 0.4) is 0 Å². The lowest BCUT2D eigenvalue weighted by Crippen LogP contribution is -2.45. The summed E-state index contributed by atoms with van der Waals surface area (Å²) in [6, 6.07) is 12.1. The lowest BCUT2D eigenvalue weighted by atomic mass is 10.0. The number of likely N-dealkylation sites (tertiary alicyclic amines) is 1. The number of aromatic nitrogens is 1. The van der Waals surface area contributed by atoms with Crippen LogP contribution in [0, 0.1) is 0 Å². The van der Waals surface area contributed by atoms with Gasteiger partial charge in [-0.15, -0.1) is 0 Å². The van der Waals surface area contributed by atoms with Gasteiger partial charge in [-0.2, -0.15) is 0 Å². The highest BCUT2D eigenvalue weighted by Crippen LogP contribution is 2.24. The molecule has 1 aromatic carbocycles. The van der Waals surface area contributed by atoms with Gasteiger partial charge in [-0.1, -0.05) is 29.8 Å². The van der Waals surface area contributed by atoms with E-state index in [1.54, 1.807) is 18.5 Å². The van der Waals surface area contributed by atoms with Crippen molar-refractivity contribution in [3.05, 3.63) is 64.9 Å². The summed E-state index contributed by atoms with van der Waals surface area (Å²) in [5.41, 5.74) is 1.78. The molecule has 0 radical (unpaired) electrons. The second kappa shape index (κ2) is 7.77. The van der Waals surface area contributed by atoms with E-state index in [9.17, 15) is 4.79 Å². The van der Waals surface area contributed by atoms with E-state index in [1.165, 1.54) is 0 Å². The van der Waals surface area contributed by atoms with Gasteiger partial charge in [0.15, 0.2) is 0 Å². The minimum Gasteiger partial charge on any atom is -0.338 e. The molecule has 4 nitrogen and oxygen atoms in total. The van der Waals surface area contributed by atoms with Crippen molar-refractivity contribution >= 4 is 17.5 Å². The molecule has 0 spiro atoms. The fourth-order valence-electron chi connectivity index (χ4n) is 3.19. The molecule has 2 heterocycles. The minimum absolute atomic E-state index is 0.0701. The number of amides is 1. The number of hydrogen-bond donors (Lipinski definition) is 1. The van der Waals surface area contributed by atoms with E-state index in [-0.39, 0.29) is 11.9 Å². The normalized spacial score (nSPS) is 16.8. The first-order valence-electron chi connectivity index (χ1n) is 8.35. The Morgan fingerprint density at radius 3 is 2.67 bits per heavy atom. The zero-order chi connectivity index (χ0) is 16.9. The number of nitrogens with one attached hydrogen (secondary N) is 1. The van der Waals surface area contributed by atoms with Gasteiger partial charge in [0.05, 0.1) is 5.56 Å². The molecular weight excluding hydrogens is 322 g/mol. The van der Waals surface area contributed by atoms with Gasteiger partial charge in [-0.3, -0.25) is 9.78 Å². The number of carbonyl (C=O) groups is 1. The van der Waals surface area contributed by atoms with Crippen LogP contribution in [0.1, 0.15) is 41.7 Å². The third-order valence-corrected chi connectivity index (χ3v) is 4.89. The van der Waals surface area contributed by atoms with Crippen LogP contribution in [0.4, 0.5) is 0 Å². The smallest absolute Gasteiger partial charge is 0.255 e. The fourth-order valence-corrected chi connectivity index (χ4v) is 3.49. The van der Waals surface area contributed by atoms with Crippen LogP contribution in [0.15, 0.2) is 48.8 Å². The topological polar surface area (TPSA) is 45.2 Å². The Labute approximate surface area is 147 Å². The Hall–Kier alpha value is -1.91. The SMILES string of the molecule is C[C@@H](NC1CCN(C(=O)c2cccnc2)CC1)c1ccccc1Cl. The van der Waals surface area contributed by atoms with Crippen LogP contribution in [-0.2, 0) is 0 Å². The molecule has 2 aromatic rings. The van der Waals surface area contributed by atoms with E-state index < -0.39 is 0 Å². The van der Waals surface area contributed by atoms with Crippen molar-refractivity contribution in [1.82, 2.24) is 15.2 Å². The second-order valence-electron chi connectivity index (χ2n) is 6.22. The fraction of sp³-hybridized carbons (Fsp3) is 0.368. The highest BCUT2D eigenvalue weighted by Gasteiger charge is 2.25. The second-order valence-corrected chi connectivity index (χ2v) is 6.63. The van der Waals surface area contributed by atoms with Crippen molar-refractivity contribution in [1.29, 1.82) is 0 Å². The number of carbonyl (C=O) groups excluding carboxylic acids is 1. The largest absolute Gasteiger partial charge is 0.338 e. The van der Waals surface area contributed by atoms with Gasteiger partial charge >= 0.3 is 0 Å². The summed E-state index contributed by atoms with van der Waals surface area (Å²) in [6.45, 7) is 3.66.